The number of hydrogen-bond acceptors (Lipinski definition) is 4. The van der Waals surface area contributed by atoms with Crippen LogP contribution in [0.15, 0.2) is 41.1 Å². The molecular formula is C13H10BrN3O. The van der Waals surface area contributed by atoms with Crippen LogP contribution in [0.3, 0.4) is 0 Å². The summed E-state index contributed by atoms with van der Waals surface area (Å²) in [6, 6.07) is 9.39. The maximum Gasteiger partial charge on any atom is 0.135 e. The first kappa shape index (κ1) is 12.4. The molecule has 1 aromatic carbocycles. The number of anilines is 2. The second-order valence-electron chi connectivity index (χ2n) is 3.51. The highest BCUT2D eigenvalue weighted by Gasteiger charge is 2.05. The summed E-state index contributed by atoms with van der Waals surface area (Å²) in [5.74, 6) is 0.724. The van der Waals surface area contributed by atoms with E-state index in [0.29, 0.717) is 11.3 Å². The summed E-state index contributed by atoms with van der Waals surface area (Å²) < 4.78 is 6.09. The molecule has 0 amide bonds. The number of pyridine rings is 1. The van der Waals surface area contributed by atoms with Gasteiger partial charge in [0, 0.05) is 18.0 Å². The first-order valence-electron chi connectivity index (χ1n) is 5.19. The highest BCUT2D eigenvalue weighted by atomic mass is 79.9. The van der Waals surface area contributed by atoms with E-state index < -0.39 is 0 Å². The quantitative estimate of drug-likeness (QED) is 0.943. The third-order valence-electron chi connectivity index (χ3n) is 2.37. The van der Waals surface area contributed by atoms with Gasteiger partial charge in [0.1, 0.15) is 11.8 Å². The summed E-state index contributed by atoms with van der Waals surface area (Å²) in [6.45, 7) is 0. The Hall–Kier alpha value is -2.06. The summed E-state index contributed by atoms with van der Waals surface area (Å²) in [7, 11) is 1.61. The van der Waals surface area contributed by atoms with Crippen LogP contribution in [0, 0.1) is 11.3 Å². The van der Waals surface area contributed by atoms with Gasteiger partial charge in [-0.25, -0.2) is 0 Å². The average Bonchev–Trinajstić information content (AvgIpc) is 2.41. The minimum Gasteiger partial charge on any atom is -0.495 e. The minimum absolute atomic E-state index is 0.548. The Morgan fingerprint density at radius 3 is 2.94 bits per heavy atom. The fourth-order valence-corrected chi connectivity index (χ4v) is 1.89. The second kappa shape index (κ2) is 5.52. The molecule has 0 bridgehead atoms. The van der Waals surface area contributed by atoms with Gasteiger partial charge in [0.2, 0.25) is 0 Å². The monoisotopic (exact) mass is 303 g/mol. The first-order chi connectivity index (χ1) is 8.74. The molecule has 90 valence electrons. The van der Waals surface area contributed by atoms with Gasteiger partial charge in [0.15, 0.2) is 0 Å². The lowest BCUT2D eigenvalue weighted by Crippen LogP contribution is -1.95. The van der Waals surface area contributed by atoms with E-state index in [1.807, 2.05) is 18.2 Å². The number of halogens is 1. The van der Waals surface area contributed by atoms with Gasteiger partial charge in [-0.1, -0.05) is 0 Å². The van der Waals surface area contributed by atoms with Crippen molar-refractivity contribution in [3.05, 3.63) is 46.7 Å². The number of methoxy groups -OCH3 is 1. The Morgan fingerprint density at radius 1 is 1.39 bits per heavy atom. The number of nitrogens with zero attached hydrogens (tertiary/aromatic N) is 2. The predicted octanol–water partition coefficient (Wildman–Crippen LogP) is 3.47. The van der Waals surface area contributed by atoms with E-state index in [1.54, 1.807) is 25.6 Å². The van der Waals surface area contributed by atoms with E-state index in [4.69, 9.17) is 10.00 Å². The molecule has 0 aliphatic carbocycles. The molecule has 18 heavy (non-hydrogen) atoms. The molecule has 0 aliphatic heterocycles. The molecule has 2 aromatic rings. The summed E-state index contributed by atoms with van der Waals surface area (Å²) >= 11 is 3.39. The fraction of sp³-hybridized carbons (Fsp3) is 0.0769. The zero-order valence-corrected chi connectivity index (χ0v) is 11.2. The smallest absolute Gasteiger partial charge is 0.135 e. The van der Waals surface area contributed by atoms with E-state index in [1.165, 1.54) is 0 Å². The number of aromatic nitrogens is 1. The highest BCUT2D eigenvalue weighted by molar-refractivity contribution is 9.10. The van der Waals surface area contributed by atoms with E-state index in [-0.39, 0.29) is 0 Å². The Kier molecular flexibility index (Phi) is 3.80. The predicted molar refractivity (Wildman–Crippen MR) is 72.9 cm³/mol. The van der Waals surface area contributed by atoms with E-state index >= 15 is 0 Å². The molecule has 2 rings (SSSR count). The molecule has 0 saturated heterocycles. The molecular weight excluding hydrogens is 294 g/mol. The number of ether oxygens (including phenoxy) is 1. The number of nitriles is 1. The highest BCUT2D eigenvalue weighted by Crippen LogP contribution is 2.29. The summed E-state index contributed by atoms with van der Waals surface area (Å²) in [5, 5.41) is 12.1. The van der Waals surface area contributed by atoms with Crippen LogP contribution < -0.4 is 10.1 Å². The van der Waals surface area contributed by atoms with Crippen molar-refractivity contribution in [1.82, 2.24) is 4.98 Å². The minimum atomic E-state index is 0.548. The maximum absolute atomic E-state index is 8.99. The molecule has 5 heteroatoms. The third kappa shape index (κ3) is 2.60. The largest absolute Gasteiger partial charge is 0.495 e. The third-order valence-corrected chi connectivity index (χ3v) is 3.03. The molecule has 1 aromatic heterocycles. The Labute approximate surface area is 113 Å². The van der Waals surface area contributed by atoms with Crippen molar-refractivity contribution in [3.8, 4) is 11.8 Å². The van der Waals surface area contributed by atoms with Crippen LogP contribution >= 0.6 is 15.9 Å². The number of benzene rings is 1. The lowest BCUT2D eigenvalue weighted by Gasteiger charge is -2.10. The molecule has 0 spiro atoms. The van der Waals surface area contributed by atoms with Crippen LogP contribution in [-0.4, -0.2) is 12.1 Å². The van der Waals surface area contributed by atoms with Gasteiger partial charge >= 0.3 is 0 Å². The Bertz CT molecular complexity index is 607. The lowest BCUT2D eigenvalue weighted by molar-refractivity contribution is 0.412. The van der Waals surface area contributed by atoms with Crippen molar-refractivity contribution in [2.24, 2.45) is 0 Å². The number of rotatable bonds is 3. The van der Waals surface area contributed by atoms with Gasteiger partial charge in [0.25, 0.3) is 0 Å². The van der Waals surface area contributed by atoms with Crippen molar-refractivity contribution < 1.29 is 4.74 Å². The molecule has 4 nitrogen and oxygen atoms in total. The molecule has 1 N–H and O–H groups in total. The van der Waals surface area contributed by atoms with Crippen molar-refractivity contribution in [3.63, 3.8) is 0 Å². The molecule has 0 atom stereocenters. The van der Waals surface area contributed by atoms with Crippen LogP contribution in [0.4, 0.5) is 11.4 Å². The molecule has 0 unspecified atom stereocenters. The van der Waals surface area contributed by atoms with Gasteiger partial charge in [-0.15, -0.1) is 0 Å². The molecule has 0 fully saturated rings. The Balaban J connectivity index is 2.32. The van der Waals surface area contributed by atoms with Crippen molar-refractivity contribution in [2.45, 2.75) is 0 Å². The summed E-state index contributed by atoms with van der Waals surface area (Å²) in [4.78, 5) is 4.00. The van der Waals surface area contributed by atoms with E-state index in [9.17, 15) is 0 Å². The molecule has 0 aliphatic rings. The van der Waals surface area contributed by atoms with Gasteiger partial charge in [0.05, 0.1) is 29.0 Å². The van der Waals surface area contributed by atoms with Gasteiger partial charge in [-0.3, -0.25) is 4.98 Å². The fourth-order valence-electron chi connectivity index (χ4n) is 1.48. The molecule has 0 saturated carbocycles. The second-order valence-corrected chi connectivity index (χ2v) is 4.36. The number of nitrogens with one attached hydrogen (secondary N) is 1. The van der Waals surface area contributed by atoms with Crippen LogP contribution in [-0.2, 0) is 0 Å². The molecule has 0 radical (unpaired) electrons. The van der Waals surface area contributed by atoms with Gasteiger partial charge < -0.3 is 10.1 Å². The van der Waals surface area contributed by atoms with Crippen molar-refractivity contribution in [1.29, 1.82) is 5.26 Å². The Morgan fingerprint density at radius 2 is 2.22 bits per heavy atom. The van der Waals surface area contributed by atoms with Gasteiger partial charge in [-0.05, 0) is 34.1 Å². The molecule has 1 heterocycles. The van der Waals surface area contributed by atoms with E-state index in [0.717, 1.165) is 15.9 Å². The zero-order chi connectivity index (χ0) is 13.0. The van der Waals surface area contributed by atoms with Crippen LogP contribution in [0.5, 0.6) is 5.75 Å². The van der Waals surface area contributed by atoms with E-state index in [2.05, 4.69) is 32.3 Å². The topological polar surface area (TPSA) is 57.9 Å². The first-order valence-corrected chi connectivity index (χ1v) is 5.98. The zero-order valence-electron chi connectivity index (χ0n) is 9.64. The average molecular weight is 304 g/mol. The normalized spacial score (nSPS) is 9.61. The lowest BCUT2D eigenvalue weighted by atomic mass is 10.2. The van der Waals surface area contributed by atoms with Crippen LogP contribution in [0.2, 0.25) is 0 Å². The summed E-state index contributed by atoms with van der Waals surface area (Å²) in [6.07, 6.45) is 3.21. The van der Waals surface area contributed by atoms with Gasteiger partial charge in [-0.2, -0.15) is 5.26 Å². The maximum atomic E-state index is 8.99. The number of hydrogen-bond donors (Lipinski definition) is 1. The van der Waals surface area contributed by atoms with Crippen molar-refractivity contribution in [2.75, 3.05) is 12.4 Å². The van der Waals surface area contributed by atoms with Crippen molar-refractivity contribution >= 4 is 27.3 Å². The standard InChI is InChI=1S/C13H10BrN3O/c1-18-13-6-10(2-3-11(13)14)17-12-8-16-5-4-9(12)7-15/h2-6,8,17H,1H3. The summed E-state index contributed by atoms with van der Waals surface area (Å²) in [5.41, 5.74) is 2.05. The van der Waals surface area contributed by atoms with Crippen LogP contribution in [0.25, 0.3) is 0 Å². The SMILES string of the molecule is COc1cc(Nc2cnccc2C#N)ccc1Br. The van der Waals surface area contributed by atoms with Crippen LogP contribution in [0.1, 0.15) is 5.56 Å².